The number of aromatic amines is 1. The Hall–Kier alpha value is -1.77. The third-order valence-electron chi connectivity index (χ3n) is 3.62. The lowest BCUT2D eigenvalue weighted by Gasteiger charge is -2.11. The van der Waals surface area contributed by atoms with E-state index in [9.17, 15) is 4.79 Å². The maximum atomic E-state index is 11.7. The van der Waals surface area contributed by atoms with Gasteiger partial charge in [0, 0.05) is 36.6 Å². The summed E-state index contributed by atoms with van der Waals surface area (Å²) in [7, 11) is 2.11. The Labute approximate surface area is 128 Å². The van der Waals surface area contributed by atoms with Gasteiger partial charge in [0.05, 0.1) is 5.69 Å². The molecule has 1 aromatic carbocycles. The second-order valence-corrected chi connectivity index (χ2v) is 4.66. The molecule has 0 atom stereocenters. The molecule has 116 valence electrons. The van der Waals surface area contributed by atoms with Crippen molar-refractivity contribution in [3.05, 3.63) is 29.5 Å². The van der Waals surface area contributed by atoms with Gasteiger partial charge in [-0.1, -0.05) is 34.6 Å². The SMILES string of the molecule is CC.CC.CCC(=O)c1cc2c3c(ccc2[nH]1)N(C)CC3. The first-order valence-electron chi connectivity index (χ1n) is 8.09. The van der Waals surface area contributed by atoms with E-state index in [0.29, 0.717) is 6.42 Å². The van der Waals surface area contributed by atoms with Crippen molar-refractivity contribution in [1.29, 1.82) is 0 Å². The van der Waals surface area contributed by atoms with Crippen molar-refractivity contribution in [2.75, 3.05) is 18.5 Å². The number of hydrogen-bond acceptors (Lipinski definition) is 2. The number of H-pyrrole nitrogens is 1. The molecule has 0 bridgehead atoms. The summed E-state index contributed by atoms with van der Waals surface area (Å²) < 4.78 is 0. The Morgan fingerprint density at radius 2 is 1.90 bits per heavy atom. The summed E-state index contributed by atoms with van der Waals surface area (Å²) in [4.78, 5) is 17.2. The fourth-order valence-corrected chi connectivity index (χ4v) is 2.61. The van der Waals surface area contributed by atoms with Gasteiger partial charge in [0.2, 0.25) is 0 Å². The zero-order valence-electron chi connectivity index (χ0n) is 14.2. The van der Waals surface area contributed by atoms with Gasteiger partial charge in [0.1, 0.15) is 0 Å². The Morgan fingerprint density at radius 3 is 2.52 bits per heavy atom. The summed E-state index contributed by atoms with van der Waals surface area (Å²) in [6, 6.07) is 6.23. The number of benzene rings is 1. The summed E-state index contributed by atoms with van der Waals surface area (Å²) >= 11 is 0. The minimum absolute atomic E-state index is 0.182. The van der Waals surface area contributed by atoms with Gasteiger partial charge in [-0.05, 0) is 30.2 Å². The molecule has 0 spiro atoms. The summed E-state index contributed by atoms with van der Waals surface area (Å²) in [5.74, 6) is 0.182. The Bertz CT molecular complexity index is 599. The molecule has 0 aliphatic carbocycles. The molecular formula is C18H28N2O. The average molecular weight is 288 g/mol. The van der Waals surface area contributed by atoms with Crippen molar-refractivity contribution >= 4 is 22.4 Å². The van der Waals surface area contributed by atoms with Crippen LogP contribution < -0.4 is 4.90 Å². The average Bonchev–Trinajstić information content (AvgIpc) is 3.14. The Morgan fingerprint density at radius 1 is 1.24 bits per heavy atom. The van der Waals surface area contributed by atoms with E-state index < -0.39 is 0 Å². The van der Waals surface area contributed by atoms with Crippen LogP contribution >= 0.6 is 0 Å². The number of carbonyl (C=O) groups excluding carboxylic acids is 1. The van der Waals surface area contributed by atoms with Gasteiger partial charge in [0.15, 0.2) is 5.78 Å². The molecule has 0 fully saturated rings. The van der Waals surface area contributed by atoms with Gasteiger partial charge >= 0.3 is 0 Å². The van der Waals surface area contributed by atoms with Gasteiger partial charge < -0.3 is 9.88 Å². The molecule has 0 amide bonds. The van der Waals surface area contributed by atoms with Crippen molar-refractivity contribution in [1.82, 2.24) is 4.98 Å². The lowest BCUT2D eigenvalue weighted by atomic mass is 10.1. The molecule has 21 heavy (non-hydrogen) atoms. The van der Waals surface area contributed by atoms with Gasteiger partial charge in [-0.2, -0.15) is 0 Å². The molecule has 1 aliphatic heterocycles. The minimum Gasteiger partial charge on any atom is -0.374 e. The molecule has 0 unspecified atom stereocenters. The fraction of sp³-hybridized carbons (Fsp3) is 0.500. The molecule has 3 heteroatoms. The molecule has 3 rings (SSSR count). The third-order valence-corrected chi connectivity index (χ3v) is 3.62. The van der Waals surface area contributed by atoms with Crippen LogP contribution in [0, 0.1) is 0 Å². The van der Waals surface area contributed by atoms with E-state index in [1.807, 2.05) is 40.7 Å². The van der Waals surface area contributed by atoms with E-state index in [0.717, 1.165) is 24.2 Å². The number of ketones is 1. The monoisotopic (exact) mass is 288 g/mol. The largest absolute Gasteiger partial charge is 0.374 e. The highest BCUT2D eigenvalue weighted by Crippen LogP contribution is 2.33. The predicted molar refractivity (Wildman–Crippen MR) is 92.6 cm³/mol. The van der Waals surface area contributed by atoms with Gasteiger partial charge in [0.25, 0.3) is 0 Å². The number of Topliss-reactive ketones (excluding diaryl/α,β-unsaturated/α-hetero) is 1. The first-order valence-corrected chi connectivity index (χ1v) is 8.09. The number of carbonyl (C=O) groups is 1. The van der Waals surface area contributed by atoms with Crippen molar-refractivity contribution < 1.29 is 4.79 Å². The Kier molecular flexibility index (Phi) is 6.47. The minimum atomic E-state index is 0.182. The lowest BCUT2D eigenvalue weighted by molar-refractivity contribution is 0.0984. The molecule has 1 N–H and O–H groups in total. The quantitative estimate of drug-likeness (QED) is 0.805. The van der Waals surface area contributed by atoms with Crippen LogP contribution in [0.15, 0.2) is 18.2 Å². The highest BCUT2D eigenvalue weighted by molar-refractivity contribution is 6.01. The first kappa shape index (κ1) is 17.3. The molecular weight excluding hydrogens is 260 g/mol. The van der Waals surface area contributed by atoms with Crippen LogP contribution in [0.2, 0.25) is 0 Å². The van der Waals surface area contributed by atoms with Crippen LogP contribution in [-0.2, 0) is 6.42 Å². The van der Waals surface area contributed by atoms with Crippen LogP contribution in [0.4, 0.5) is 5.69 Å². The summed E-state index contributed by atoms with van der Waals surface area (Å²) in [6.45, 7) is 11.0. The molecule has 2 heterocycles. The van der Waals surface area contributed by atoms with Crippen LogP contribution in [0.5, 0.6) is 0 Å². The van der Waals surface area contributed by atoms with Crippen molar-refractivity contribution in [2.45, 2.75) is 47.5 Å². The van der Waals surface area contributed by atoms with E-state index in [2.05, 4.69) is 29.1 Å². The van der Waals surface area contributed by atoms with Gasteiger partial charge in [-0.15, -0.1) is 0 Å². The number of likely N-dealkylation sites (N-methyl/N-ethyl adjacent to an activating group) is 1. The van der Waals surface area contributed by atoms with E-state index in [1.54, 1.807) is 0 Å². The lowest BCUT2D eigenvalue weighted by Crippen LogP contribution is -2.12. The summed E-state index contributed by atoms with van der Waals surface area (Å²) in [5, 5.41) is 1.21. The maximum Gasteiger partial charge on any atom is 0.178 e. The van der Waals surface area contributed by atoms with Crippen molar-refractivity contribution in [3.8, 4) is 0 Å². The summed E-state index contributed by atoms with van der Waals surface area (Å²) in [5.41, 5.74) is 4.49. The van der Waals surface area contributed by atoms with Crippen LogP contribution in [0.1, 0.15) is 57.1 Å². The van der Waals surface area contributed by atoms with E-state index >= 15 is 0 Å². The topological polar surface area (TPSA) is 36.1 Å². The third kappa shape index (κ3) is 3.29. The van der Waals surface area contributed by atoms with Gasteiger partial charge in [-0.25, -0.2) is 0 Å². The highest BCUT2D eigenvalue weighted by Gasteiger charge is 2.19. The molecule has 1 aliphatic rings. The van der Waals surface area contributed by atoms with Crippen molar-refractivity contribution in [3.63, 3.8) is 0 Å². The Balaban J connectivity index is 0.000000510. The normalized spacial score (nSPS) is 12.2. The maximum absolute atomic E-state index is 11.7. The number of aromatic nitrogens is 1. The van der Waals surface area contributed by atoms with E-state index in [4.69, 9.17) is 0 Å². The number of fused-ring (bicyclic) bond motifs is 3. The summed E-state index contributed by atoms with van der Waals surface area (Å²) in [6.07, 6.45) is 1.62. The van der Waals surface area contributed by atoms with Gasteiger partial charge in [-0.3, -0.25) is 4.79 Å². The zero-order chi connectivity index (χ0) is 16.0. The predicted octanol–water partition coefficient (Wildman–Crippen LogP) is 4.81. The van der Waals surface area contributed by atoms with Crippen LogP contribution in [-0.4, -0.2) is 24.4 Å². The van der Waals surface area contributed by atoms with Crippen LogP contribution in [0.25, 0.3) is 10.9 Å². The molecule has 0 saturated heterocycles. The number of rotatable bonds is 2. The highest BCUT2D eigenvalue weighted by atomic mass is 16.1. The zero-order valence-corrected chi connectivity index (χ0v) is 14.2. The van der Waals surface area contributed by atoms with Crippen LogP contribution in [0.3, 0.4) is 0 Å². The number of hydrogen-bond donors (Lipinski definition) is 1. The standard InChI is InChI=1S/C14H16N2O.2C2H6/c1-3-14(17)12-8-10-9-6-7-16(2)13(9)5-4-11(10)15-12;2*1-2/h4-5,8,15H,3,6-7H2,1-2H3;2*1-2H3. The molecule has 0 saturated carbocycles. The van der Waals surface area contributed by atoms with E-state index in [-0.39, 0.29) is 5.78 Å². The second-order valence-electron chi connectivity index (χ2n) is 4.66. The fourth-order valence-electron chi connectivity index (χ4n) is 2.61. The number of nitrogens with one attached hydrogen (secondary N) is 1. The molecule has 2 aromatic rings. The molecule has 0 radical (unpaired) electrons. The second kappa shape index (κ2) is 7.87. The number of anilines is 1. The number of nitrogens with zero attached hydrogens (tertiary/aromatic N) is 1. The van der Waals surface area contributed by atoms with Crippen molar-refractivity contribution in [2.24, 2.45) is 0 Å². The molecule has 3 nitrogen and oxygen atoms in total. The first-order chi connectivity index (χ1) is 10.2. The molecule has 1 aromatic heterocycles. The van der Waals surface area contributed by atoms with E-state index in [1.165, 1.54) is 16.6 Å². The smallest absolute Gasteiger partial charge is 0.178 e.